The SMILES string of the molecule is Cc1ccc([C@H](C)NC(=O)c2ccc(C)c(S(=O)(=O)N3CCCCC3)c2)c(C)c1. The number of carbonyl (C=O) groups is 1. The average molecular weight is 415 g/mol. The maximum absolute atomic E-state index is 13.1. The third-order valence-electron chi connectivity index (χ3n) is 5.62. The van der Waals surface area contributed by atoms with E-state index in [-0.39, 0.29) is 16.8 Å². The van der Waals surface area contributed by atoms with Crippen molar-refractivity contribution in [1.82, 2.24) is 9.62 Å². The molecule has 1 saturated heterocycles. The van der Waals surface area contributed by atoms with Gasteiger partial charge in [0.25, 0.3) is 5.91 Å². The summed E-state index contributed by atoms with van der Waals surface area (Å²) in [5, 5.41) is 3.00. The maximum Gasteiger partial charge on any atom is 0.251 e. The molecule has 1 amide bonds. The van der Waals surface area contributed by atoms with Crippen LogP contribution in [0, 0.1) is 20.8 Å². The minimum Gasteiger partial charge on any atom is -0.346 e. The number of aryl methyl sites for hydroxylation is 3. The molecule has 1 aliphatic rings. The molecule has 0 spiro atoms. The highest BCUT2D eigenvalue weighted by Crippen LogP contribution is 2.25. The molecule has 1 heterocycles. The van der Waals surface area contributed by atoms with Crippen LogP contribution in [0.2, 0.25) is 0 Å². The molecule has 0 unspecified atom stereocenters. The van der Waals surface area contributed by atoms with Crippen LogP contribution in [0.4, 0.5) is 0 Å². The zero-order valence-electron chi connectivity index (χ0n) is 17.7. The molecular weight excluding hydrogens is 384 g/mol. The molecule has 0 saturated carbocycles. The summed E-state index contributed by atoms with van der Waals surface area (Å²) in [7, 11) is -3.59. The first kappa shape index (κ1) is 21.5. The first-order valence-electron chi connectivity index (χ1n) is 10.2. The first-order chi connectivity index (χ1) is 13.7. The van der Waals surface area contributed by atoms with E-state index < -0.39 is 10.0 Å². The molecule has 5 nitrogen and oxygen atoms in total. The number of benzene rings is 2. The van der Waals surface area contributed by atoms with Gasteiger partial charge in [0.2, 0.25) is 10.0 Å². The van der Waals surface area contributed by atoms with E-state index in [4.69, 9.17) is 0 Å². The molecule has 1 fully saturated rings. The van der Waals surface area contributed by atoms with E-state index in [1.54, 1.807) is 23.4 Å². The average Bonchev–Trinajstić information content (AvgIpc) is 2.68. The number of hydrogen-bond acceptors (Lipinski definition) is 3. The Morgan fingerprint density at radius 2 is 1.66 bits per heavy atom. The highest BCUT2D eigenvalue weighted by molar-refractivity contribution is 7.89. The van der Waals surface area contributed by atoms with Gasteiger partial charge in [-0.3, -0.25) is 4.79 Å². The van der Waals surface area contributed by atoms with Crippen molar-refractivity contribution in [3.8, 4) is 0 Å². The second kappa shape index (κ2) is 8.67. The van der Waals surface area contributed by atoms with Gasteiger partial charge in [-0.15, -0.1) is 0 Å². The zero-order chi connectivity index (χ0) is 21.2. The van der Waals surface area contributed by atoms with Crippen LogP contribution in [0.25, 0.3) is 0 Å². The summed E-state index contributed by atoms with van der Waals surface area (Å²) >= 11 is 0. The van der Waals surface area contributed by atoms with Crippen LogP contribution < -0.4 is 5.32 Å². The molecule has 2 aromatic carbocycles. The van der Waals surface area contributed by atoms with E-state index >= 15 is 0 Å². The van der Waals surface area contributed by atoms with Gasteiger partial charge in [0.15, 0.2) is 0 Å². The van der Waals surface area contributed by atoms with Gasteiger partial charge in [-0.25, -0.2) is 8.42 Å². The van der Waals surface area contributed by atoms with E-state index in [1.165, 1.54) is 11.6 Å². The van der Waals surface area contributed by atoms with Crippen LogP contribution in [0.15, 0.2) is 41.3 Å². The van der Waals surface area contributed by atoms with Crippen molar-refractivity contribution in [3.63, 3.8) is 0 Å². The maximum atomic E-state index is 13.1. The van der Waals surface area contributed by atoms with Crippen molar-refractivity contribution in [1.29, 1.82) is 0 Å². The summed E-state index contributed by atoms with van der Waals surface area (Å²) in [5.41, 5.74) is 4.38. The van der Waals surface area contributed by atoms with E-state index in [2.05, 4.69) is 11.4 Å². The molecule has 0 aromatic heterocycles. The Kier molecular flexibility index (Phi) is 6.44. The van der Waals surface area contributed by atoms with Gasteiger partial charge in [-0.2, -0.15) is 4.31 Å². The van der Waals surface area contributed by atoms with Crippen molar-refractivity contribution < 1.29 is 13.2 Å². The molecule has 2 aromatic rings. The number of sulfonamides is 1. The Morgan fingerprint density at radius 3 is 2.31 bits per heavy atom. The van der Waals surface area contributed by atoms with Crippen LogP contribution in [0.1, 0.15) is 64.8 Å². The quantitative estimate of drug-likeness (QED) is 0.794. The molecule has 0 bridgehead atoms. The lowest BCUT2D eigenvalue weighted by molar-refractivity contribution is 0.0939. The Morgan fingerprint density at radius 1 is 0.966 bits per heavy atom. The lowest BCUT2D eigenvalue weighted by atomic mass is 10.00. The molecule has 1 atom stereocenters. The molecule has 29 heavy (non-hydrogen) atoms. The van der Waals surface area contributed by atoms with Gasteiger partial charge < -0.3 is 5.32 Å². The topological polar surface area (TPSA) is 66.5 Å². The van der Waals surface area contributed by atoms with Crippen molar-refractivity contribution in [3.05, 3.63) is 64.2 Å². The summed E-state index contributed by atoms with van der Waals surface area (Å²) in [6.07, 6.45) is 2.82. The summed E-state index contributed by atoms with van der Waals surface area (Å²) in [6.45, 7) is 8.87. The fourth-order valence-electron chi connectivity index (χ4n) is 3.93. The minimum absolute atomic E-state index is 0.174. The van der Waals surface area contributed by atoms with Gasteiger partial charge in [0.1, 0.15) is 0 Å². The third-order valence-corrected chi connectivity index (χ3v) is 7.66. The molecule has 1 N–H and O–H groups in total. The van der Waals surface area contributed by atoms with Gasteiger partial charge in [-0.05, 0) is 69.4 Å². The monoisotopic (exact) mass is 414 g/mol. The van der Waals surface area contributed by atoms with Crippen LogP contribution >= 0.6 is 0 Å². The number of hydrogen-bond donors (Lipinski definition) is 1. The molecular formula is C23H30N2O3S. The Bertz CT molecular complexity index is 1010. The highest BCUT2D eigenvalue weighted by atomic mass is 32.2. The number of rotatable bonds is 5. The smallest absolute Gasteiger partial charge is 0.251 e. The Labute approximate surface area is 174 Å². The second-order valence-electron chi connectivity index (χ2n) is 8.00. The molecule has 6 heteroatoms. The van der Waals surface area contributed by atoms with E-state index in [0.717, 1.165) is 30.4 Å². The van der Waals surface area contributed by atoms with E-state index in [1.807, 2.05) is 32.9 Å². The Balaban J connectivity index is 1.84. The van der Waals surface area contributed by atoms with Crippen molar-refractivity contribution in [2.45, 2.75) is 57.9 Å². The van der Waals surface area contributed by atoms with E-state index in [9.17, 15) is 13.2 Å². The van der Waals surface area contributed by atoms with E-state index in [0.29, 0.717) is 24.2 Å². The van der Waals surface area contributed by atoms with Crippen LogP contribution in [0.3, 0.4) is 0 Å². The number of nitrogens with zero attached hydrogens (tertiary/aromatic N) is 1. The summed E-state index contributed by atoms with van der Waals surface area (Å²) in [4.78, 5) is 13.1. The fourth-order valence-corrected chi connectivity index (χ4v) is 5.70. The lowest BCUT2D eigenvalue weighted by Gasteiger charge is -2.26. The standard InChI is InChI=1S/C23H30N2O3S/c1-16-8-11-21(18(3)14-16)19(4)24-23(26)20-10-9-17(2)22(15-20)29(27,28)25-12-6-5-7-13-25/h8-11,14-15,19H,5-7,12-13H2,1-4H3,(H,24,26)/t19-/m0/s1. The second-order valence-corrected chi connectivity index (χ2v) is 9.91. The first-order valence-corrected chi connectivity index (χ1v) is 11.6. The summed E-state index contributed by atoms with van der Waals surface area (Å²) in [6, 6.07) is 10.9. The van der Waals surface area contributed by atoms with Crippen molar-refractivity contribution in [2.75, 3.05) is 13.1 Å². The number of nitrogens with one attached hydrogen (secondary N) is 1. The molecule has 156 valence electrons. The summed E-state index contributed by atoms with van der Waals surface area (Å²) in [5.74, 6) is -0.271. The normalized spacial score (nSPS) is 16.4. The Hall–Kier alpha value is -2.18. The molecule has 0 radical (unpaired) electrons. The van der Waals surface area contributed by atoms with Crippen LogP contribution in [-0.4, -0.2) is 31.7 Å². The predicted molar refractivity (Wildman–Crippen MR) is 116 cm³/mol. The zero-order valence-corrected chi connectivity index (χ0v) is 18.5. The molecule has 3 rings (SSSR count). The minimum atomic E-state index is -3.59. The predicted octanol–water partition coefficient (Wildman–Crippen LogP) is 4.28. The van der Waals surface area contributed by atoms with Crippen LogP contribution in [0.5, 0.6) is 0 Å². The van der Waals surface area contributed by atoms with Crippen molar-refractivity contribution in [2.24, 2.45) is 0 Å². The van der Waals surface area contributed by atoms with Crippen LogP contribution in [-0.2, 0) is 10.0 Å². The molecule has 0 aliphatic carbocycles. The fraction of sp³-hybridized carbons (Fsp3) is 0.435. The number of piperidine rings is 1. The summed E-state index contributed by atoms with van der Waals surface area (Å²) < 4.78 is 27.7. The van der Waals surface area contributed by atoms with Gasteiger partial charge >= 0.3 is 0 Å². The van der Waals surface area contributed by atoms with Gasteiger partial charge in [0, 0.05) is 18.7 Å². The largest absolute Gasteiger partial charge is 0.346 e. The van der Waals surface area contributed by atoms with Gasteiger partial charge in [-0.1, -0.05) is 36.2 Å². The van der Waals surface area contributed by atoms with Gasteiger partial charge in [0.05, 0.1) is 10.9 Å². The lowest BCUT2D eigenvalue weighted by Crippen LogP contribution is -2.36. The number of amides is 1. The highest BCUT2D eigenvalue weighted by Gasteiger charge is 2.28. The molecule has 1 aliphatic heterocycles. The third kappa shape index (κ3) is 4.70. The van der Waals surface area contributed by atoms with Crippen molar-refractivity contribution >= 4 is 15.9 Å². The number of carbonyl (C=O) groups excluding carboxylic acids is 1.